The van der Waals surface area contributed by atoms with E-state index in [1.807, 2.05) is 11.8 Å². The Bertz CT molecular complexity index is 914. The summed E-state index contributed by atoms with van der Waals surface area (Å²) in [6.07, 6.45) is 12.2. The van der Waals surface area contributed by atoms with Crippen LogP contribution in [0, 0.1) is 5.92 Å². The third-order valence-electron chi connectivity index (χ3n) is 5.10. The average molecular weight is 366 g/mol. The first-order valence-electron chi connectivity index (χ1n) is 8.94. The number of thioether (sulfide) groups is 1. The van der Waals surface area contributed by atoms with Gasteiger partial charge in [-0.2, -0.15) is 0 Å². The van der Waals surface area contributed by atoms with Crippen molar-refractivity contribution in [3.8, 4) is 0 Å². The number of amides is 1. The molecule has 1 amide bonds. The van der Waals surface area contributed by atoms with Crippen LogP contribution in [0.5, 0.6) is 0 Å². The highest BCUT2D eigenvalue weighted by Crippen LogP contribution is 2.46. The van der Waals surface area contributed by atoms with Crippen LogP contribution in [0.2, 0.25) is 0 Å². The van der Waals surface area contributed by atoms with Crippen LogP contribution in [0.4, 0.5) is 0 Å². The van der Waals surface area contributed by atoms with Crippen LogP contribution in [-0.4, -0.2) is 26.9 Å². The van der Waals surface area contributed by atoms with Crippen molar-refractivity contribution in [2.45, 2.75) is 37.5 Å². The number of H-pyrrole nitrogens is 1. The Balaban J connectivity index is 1.70. The van der Waals surface area contributed by atoms with Gasteiger partial charge in [-0.05, 0) is 47.8 Å². The fraction of sp³-hybridized carbons (Fsp3) is 0.350. The minimum Gasteiger partial charge on any atom is -0.349 e. The lowest BCUT2D eigenvalue weighted by atomic mass is 9.90. The van der Waals surface area contributed by atoms with Crippen molar-refractivity contribution in [2.24, 2.45) is 5.92 Å². The second-order valence-corrected chi connectivity index (χ2v) is 7.91. The molecule has 2 aliphatic rings. The molecule has 0 bridgehead atoms. The number of allylic oxidation sites excluding steroid dienone is 2. The number of aromatic nitrogens is 3. The predicted molar refractivity (Wildman–Crippen MR) is 106 cm³/mol. The lowest BCUT2D eigenvalue weighted by molar-refractivity contribution is -0.117. The smallest absolute Gasteiger partial charge is 0.243 e. The fourth-order valence-corrected chi connectivity index (χ4v) is 4.96. The number of carbonyl (C=O) groups excluding carboxylic acids is 1. The Morgan fingerprint density at radius 2 is 2.35 bits per heavy atom. The summed E-state index contributed by atoms with van der Waals surface area (Å²) in [5, 5.41) is 6.70. The zero-order valence-electron chi connectivity index (χ0n) is 14.7. The second-order valence-electron chi connectivity index (χ2n) is 6.85. The van der Waals surface area contributed by atoms with E-state index in [4.69, 9.17) is 0 Å². The highest BCUT2D eigenvalue weighted by molar-refractivity contribution is 8.02. The van der Waals surface area contributed by atoms with Gasteiger partial charge in [-0.1, -0.05) is 25.7 Å². The number of nitrogens with one attached hydrogen (secondary N) is 2. The van der Waals surface area contributed by atoms with Gasteiger partial charge in [-0.25, -0.2) is 9.97 Å². The molecule has 3 heterocycles. The van der Waals surface area contributed by atoms with E-state index in [0.29, 0.717) is 11.2 Å². The van der Waals surface area contributed by atoms with E-state index in [1.165, 1.54) is 17.2 Å². The molecular weight excluding hydrogens is 344 g/mol. The van der Waals surface area contributed by atoms with Crippen molar-refractivity contribution >= 4 is 34.3 Å². The number of carbonyl (C=O) groups is 1. The Kier molecular flexibility index (Phi) is 4.68. The lowest BCUT2D eigenvalue weighted by Crippen LogP contribution is -2.34. The molecule has 26 heavy (non-hydrogen) atoms. The molecule has 0 saturated heterocycles. The fourth-order valence-electron chi connectivity index (χ4n) is 3.78. The first kappa shape index (κ1) is 17.1. The van der Waals surface area contributed by atoms with Gasteiger partial charge in [-0.15, -0.1) is 11.8 Å². The molecule has 1 aliphatic heterocycles. The quantitative estimate of drug-likeness (QED) is 0.798. The molecule has 6 heteroatoms. The minimum atomic E-state index is -0.117. The van der Waals surface area contributed by atoms with Gasteiger partial charge >= 0.3 is 0 Å². The second kappa shape index (κ2) is 7.11. The van der Waals surface area contributed by atoms with Gasteiger partial charge in [0.2, 0.25) is 5.91 Å². The van der Waals surface area contributed by atoms with Crippen LogP contribution in [0.3, 0.4) is 0 Å². The molecule has 3 atom stereocenters. The van der Waals surface area contributed by atoms with E-state index in [2.05, 4.69) is 57.5 Å². The van der Waals surface area contributed by atoms with Crippen molar-refractivity contribution in [1.29, 1.82) is 0 Å². The summed E-state index contributed by atoms with van der Waals surface area (Å²) in [6.45, 7) is 5.78. The molecule has 2 N–H and O–H groups in total. The Hall–Kier alpha value is -2.34. The molecular formula is C20H22N4OS. The first-order valence-corrected chi connectivity index (χ1v) is 9.88. The van der Waals surface area contributed by atoms with Gasteiger partial charge < -0.3 is 10.3 Å². The molecule has 0 radical (unpaired) electrons. The third kappa shape index (κ3) is 3.09. The number of rotatable bonds is 4. The van der Waals surface area contributed by atoms with E-state index < -0.39 is 0 Å². The van der Waals surface area contributed by atoms with Gasteiger partial charge in [0.05, 0.1) is 5.69 Å². The molecule has 0 spiro atoms. The van der Waals surface area contributed by atoms with Crippen molar-refractivity contribution in [3.63, 3.8) is 0 Å². The molecule has 4 rings (SSSR count). The summed E-state index contributed by atoms with van der Waals surface area (Å²) in [6, 6.07) is 0.120. The van der Waals surface area contributed by atoms with E-state index in [1.54, 1.807) is 6.33 Å². The Morgan fingerprint density at radius 1 is 1.46 bits per heavy atom. The first-order chi connectivity index (χ1) is 12.7. The number of nitrogens with zero attached hydrogens (tertiary/aromatic N) is 2. The minimum absolute atomic E-state index is 0.117. The number of hydrogen-bond acceptors (Lipinski definition) is 4. The summed E-state index contributed by atoms with van der Waals surface area (Å²) >= 11 is 1.85. The molecule has 0 saturated carbocycles. The van der Waals surface area contributed by atoms with Gasteiger partial charge in [0.1, 0.15) is 12.0 Å². The number of hydrogen-bond donors (Lipinski definition) is 2. The topological polar surface area (TPSA) is 70.7 Å². The summed E-state index contributed by atoms with van der Waals surface area (Å²) < 4.78 is 0. The molecule has 2 aromatic heterocycles. The van der Waals surface area contributed by atoms with Gasteiger partial charge in [0.15, 0.2) is 0 Å². The highest BCUT2D eigenvalue weighted by atomic mass is 32.2. The molecule has 1 aliphatic carbocycles. The van der Waals surface area contributed by atoms with E-state index >= 15 is 0 Å². The van der Waals surface area contributed by atoms with Gasteiger partial charge in [0.25, 0.3) is 0 Å². The summed E-state index contributed by atoms with van der Waals surface area (Å²) in [5.41, 5.74) is 4.31. The van der Waals surface area contributed by atoms with E-state index in [9.17, 15) is 4.79 Å². The average Bonchev–Trinajstić information content (AvgIpc) is 3.27. The molecule has 134 valence electrons. The van der Waals surface area contributed by atoms with E-state index in [0.717, 1.165) is 36.0 Å². The zero-order valence-corrected chi connectivity index (χ0v) is 15.6. The van der Waals surface area contributed by atoms with Crippen LogP contribution in [-0.2, 0) is 4.79 Å². The van der Waals surface area contributed by atoms with Crippen LogP contribution < -0.4 is 5.32 Å². The summed E-state index contributed by atoms with van der Waals surface area (Å²) in [5.74, 6) is 0.362. The van der Waals surface area contributed by atoms with Crippen molar-refractivity contribution < 1.29 is 4.79 Å². The van der Waals surface area contributed by atoms with Gasteiger partial charge in [0, 0.05) is 22.9 Å². The largest absolute Gasteiger partial charge is 0.349 e. The van der Waals surface area contributed by atoms with E-state index in [-0.39, 0.29) is 11.9 Å². The van der Waals surface area contributed by atoms with Crippen LogP contribution in [0.1, 0.15) is 42.7 Å². The van der Waals surface area contributed by atoms with Crippen LogP contribution in [0.15, 0.2) is 42.7 Å². The van der Waals surface area contributed by atoms with Crippen molar-refractivity contribution in [1.82, 2.24) is 20.3 Å². The lowest BCUT2D eigenvalue weighted by Gasteiger charge is -2.24. The SMILES string of the molecule is C=CC(=O)NC1CCC=C(c2ncnc3[nH]cc(C4SC=CC4C)c23)C1. The Morgan fingerprint density at radius 3 is 3.12 bits per heavy atom. The highest BCUT2D eigenvalue weighted by Gasteiger charge is 2.27. The summed E-state index contributed by atoms with van der Waals surface area (Å²) in [7, 11) is 0. The molecule has 0 aromatic carbocycles. The Labute approximate surface area is 157 Å². The summed E-state index contributed by atoms with van der Waals surface area (Å²) in [4.78, 5) is 24.0. The van der Waals surface area contributed by atoms with Crippen LogP contribution in [0.25, 0.3) is 16.6 Å². The molecule has 5 nitrogen and oxygen atoms in total. The van der Waals surface area contributed by atoms with Gasteiger partial charge in [-0.3, -0.25) is 4.79 Å². The predicted octanol–water partition coefficient (Wildman–Crippen LogP) is 4.13. The molecule has 3 unspecified atom stereocenters. The molecule has 2 aromatic rings. The third-order valence-corrected chi connectivity index (χ3v) is 6.39. The zero-order chi connectivity index (χ0) is 18.1. The van der Waals surface area contributed by atoms with Crippen molar-refractivity contribution in [2.75, 3.05) is 0 Å². The maximum atomic E-state index is 11.7. The monoisotopic (exact) mass is 366 g/mol. The number of aromatic amines is 1. The standard InChI is InChI=1S/C20H22N4OS/c1-3-16(25)24-14-6-4-5-13(9-14)18-17-15(19-12(2)7-8-26-19)10-21-20(17)23-11-22-18/h3,5,7-8,10-12,14,19H,1,4,6,9H2,2H3,(H,24,25)(H,21,22,23). The maximum Gasteiger partial charge on any atom is 0.243 e. The number of fused-ring (bicyclic) bond motifs is 1. The molecule has 0 fully saturated rings. The maximum absolute atomic E-state index is 11.7. The normalized spacial score (nSPS) is 25.3. The van der Waals surface area contributed by atoms with Crippen LogP contribution >= 0.6 is 11.8 Å². The van der Waals surface area contributed by atoms with Crippen molar-refractivity contribution in [3.05, 3.63) is 54.0 Å².